The molecule has 2 atom stereocenters. The summed E-state index contributed by atoms with van der Waals surface area (Å²) in [6, 6.07) is 7.68. The fraction of sp³-hybridized carbons (Fsp3) is 0.600. The van der Waals surface area contributed by atoms with E-state index in [9.17, 15) is 9.50 Å². The molecule has 2 unspecified atom stereocenters. The second-order valence-corrected chi connectivity index (χ2v) is 6.41. The highest BCUT2D eigenvalue weighted by molar-refractivity contribution is 7.99. The Hall–Kier alpha value is -0.580. The molecule has 0 bridgehead atoms. The van der Waals surface area contributed by atoms with Crippen LogP contribution in [0.15, 0.2) is 24.3 Å². The van der Waals surface area contributed by atoms with Gasteiger partial charge in [-0.2, -0.15) is 11.8 Å². The van der Waals surface area contributed by atoms with Crippen LogP contribution in [0.4, 0.5) is 4.39 Å². The van der Waals surface area contributed by atoms with Crippen LogP contribution in [0.2, 0.25) is 0 Å². The number of rotatable bonds is 6. The Morgan fingerprint density at radius 3 is 2.53 bits per heavy atom. The molecule has 0 spiro atoms. The predicted octanol–water partition coefficient (Wildman–Crippen LogP) is 2.77. The smallest absolute Gasteiger partial charge is 0.123 e. The Balaban J connectivity index is 1.78. The third-order valence-electron chi connectivity index (χ3n) is 4.02. The number of halogens is 1. The summed E-state index contributed by atoms with van der Waals surface area (Å²) in [6.07, 6.45) is 4.23. The number of nitrogens with one attached hydrogen (secondary N) is 1. The van der Waals surface area contributed by atoms with E-state index in [1.807, 2.05) is 18.4 Å². The minimum Gasteiger partial charge on any atom is -0.395 e. The van der Waals surface area contributed by atoms with Gasteiger partial charge in [-0.15, -0.1) is 0 Å². The highest BCUT2D eigenvalue weighted by atomic mass is 32.2. The zero-order chi connectivity index (χ0) is 13.8. The Morgan fingerprint density at radius 2 is 2.00 bits per heavy atom. The minimum absolute atomic E-state index is 0.169. The summed E-state index contributed by atoms with van der Waals surface area (Å²) in [5, 5.41) is 13.1. The number of hydrogen-bond donors (Lipinski definition) is 2. The van der Waals surface area contributed by atoms with E-state index in [2.05, 4.69) is 12.2 Å². The second kappa shape index (κ2) is 6.73. The van der Waals surface area contributed by atoms with Crippen molar-refractivity contribution < 1.29 is 9.50 Å². The lowest BCUT2D eigenvalue weighted by molar-refractivity contribution is 0.235. The van der Waals surface area contributed by atoms with Gasteiger partial charge in [0, 0.05) is 17.3 Å². The molecule has 1 aliphatic rings. The topological polar surface area (TPSA) is 32.3 Å². The molecule has 106 valence electrons. The number of thioether (sulfide) groups is 1. The molecule has 0 heterocycles. The lowest BCUT2D eigenvalue weighted by atomic mass is 9.75. The summed E-state index contributed by atoms with van der Waals surface area (Å²) in [7, 11) is 0. The van der Waals surface area contributed by atoms with Gasteiger partial charge in [0.2, 0.25) is 0 Å². The first kappa shape index (κ1) is 14.8. The third-order valence-corrected chi connectivity index (χ3v) is 5.18. The van der Waals surface area contributed by atoms with Crippen LogP contribution < -0.4 is 5.32 Å². The van der Waals surface area contributed by atoms with Gasteiger partial charge in [0.15, 0.2) is 0 Å². The van der Waals surface area contributed by atoms with Crippen LogP contribution >= 0.6 is 11.8 Å². The summed E-state index contributed by atoms with van der Waals surface area (Å²) in [5.41, 5.74) is 1.23. The van der Waals surface area contributed by atoms with Crippen molar-refractivity contribution in [3.05, 3.63) is 35.6 Å². The summed E-state index contributed by atoms with van der Waals surface area (Å²) in [4.78, 5) is 0. The molecule has 2 nitrogen and oxygen atoms in total. The molecule has 2 N–H and O–H groups in total. The van der Waals surface area contributed by atoms with Crippen molar-refractivity contribution in [3.8, 4) is 0 Å². The van der Waals surface area contributed by atoms with Crippen LogP contribution in [-0.2, 0) is 0 Å². The molecule has 0 radical (unpaired) electrons. The molecular formula is C15H22FNOS. The Morgan fingerprint density at radius 1 is 1.37 bits per heavy atom. The summed E-state index contributed by atoms with van der Waals surface area (Å²) in [6.45, 7) is 2.34. The maximum absolute atomic E-state index is 12.8. The molecule has 0 amide bonds. The SMILES string of the molecule is CSC(CO)C(C)NC1CC(c2ccc(F)cc2)C1. The Kier molecular flexibility index (Phi) is 5.25. The summed E-state index contributed by atoms with van der Waals surface area (Å²) < 4.78 is 12.8. The van der Waals surface area contributed by atoms with Crippen LogP contribution in [0.3, 0.4) is 0 Å². The first-order chi connectivity index (χ1) is 9.13. The molecule has 1 aromatic rings. The van der Waals surface area contributed by atoms with Crippen molar-refractivity contribution in [1.29, 1.82) is 0 Å². The fourth-order valence-corrected chi connectivity index (χ4v) is 3.31. The van der Waals surface area contributed by atoms with Crippen LogP contribution in [0.25, 0.3) is 0 Å². The maximum atomic E-state index is 12.8. The molecule has 0 aliphatic heterocycles. The molecule has 1 aliphatic carbocycles. The van der Waals surface area contributed by atoms with Gasteiger partial charge in [-0.05, 0) is 49.6 Å². The van der Waals surface area contributed by atoms with Gasteiger partial charge in [-0.3, -0.25) is 0 Å². The standard InChI is InChI=1S/C15H22FNOS/c1-10(15(9-18)19-2)17-14-7-12(8-14)11-3-5-13(16)6-4-11/h3-6,10,12,14-15,17-18H,7-9H2,1-2H3. The van der Waals surface area contributed by atoms with E-state index in [1.165, 1.54) is 17.7 Å². The average Bonchev–Trinajstić information content (AvgIpc) is 2.36. The fourth-order valence-electron chi connectivity index (χ4n) is 2.68. The molecule has 4 heteroatoms. The quantitative estimate of drug-likeness (QED) is 0.842. The Labute approximate surface area is 118 Å². The first-order valence-electron chi connectivity index (χ1n) is 6.79. The van der Waals surface area contributed by atoms with E-state index in [0.717, 1.165) is 12.8 Å². The van der Waals surface area contributed by atoms with E-state index in [4.69, 9.17) is 0 Å². The van der Waals surface area contributed by atoms with Crippen molar-refractivity contribution >= 4 is 11.8 Å². The van der Waals surface area contributed by atoms with E-state index < -0.39 is 0 Å². The van der Waals surface area contributed by atoms with Crippen LogP contribution in [0.1, 0.15) is 31.2 Å². The summed E-state index contributed by atoms with van der Waals surface area (Å²) in [5.74, 6) is 0.379. The zero-order valence-corrected chi connectivity index (χ0v) is 12.3. The van der Waals surface area contributed by atoms with Crippen molar-refractivity contribution in [2.75, 3.05) is 12.9 Å². The van der Waals surface area contributed by atoms with Crippen LogP contribution in [0.5, 0.6) is 0 Å². The van der Waals surface area contributed by atoms with Crippen molar-refractivity contribution in [3.63, 3.8) is 0 Å². The lowest BCUT2D eigenvalue weighted by Gasteiger charge is -2.39. The zero-order valence-electron chi connectivity index (χ0n) is 11.5. The van der Waals surface area contributed by atoms with Crippen molar-refractivity contribution in [1.82, 2.24) is 5.32 Å². The Bertz CT molecular complexity index is 388. The van der Waals surface area contributed by atoms with Gasteiger partial charge in [0.1, 0.15) is 5.82 Å². The van der Waals surface area contributed by atoms with E-state index in [-0.39, 0.29) is 17.7 Å². The molecule has 1 aromatic carbocycles. The number of benzene rings is 1. The van der Waals surface area contributed by atoms with Gasteiger partial charge < -0.3 is 10.4 Å². The molecule has 1 fully saturated rings. The number of aliphatic hydroxyl groups is 1. The van der Waals surface area contributed by atoms with Crippen molar-refractivity contribution in [2.45, 2.75) is 43.0 Å². The van der Waals surface area contributed by atoms with Crippen LogP contribution in [-0.4, -0.2) is 35.3 Å². The average molecular weight is 283 g/mol. The normalized spacial score (nSPS) is 25.7. The van der Waals surface area contributed by atoms with E-state index in [0.29, 0.717) is 18.0 Å². The molecular weight excluding hydrogens is 261 g/mol. The van der Waals surface area contributed by atoms with Gasteiger partial charge in [-0.25, -0.2) is 4.39 Å². The third kappa shape index (κ3) is 3.71. The molecule has 2 rings (SSSR count). The molecule has 0 saturated heterocycles. The number of hydrogen-bond acceptors (Lipinski definition) is 3. The number of aliphatic hydroxyl groups excluding tert-OH is 1. The highest BCUT2D eigenvalue weighted by Crippen LogP contribution is 2.37. The maximum Gasteiger partial charge on any atom is 0.123 e. The largest absolute Gasteiger partial charge is 0.395 e. The molecule has 19 heavy (non-hydrogen) atoms. The highest BCUT2D eigenvalue weighted by Gasteiger charge is 2.32. The summed E-state index contributed by atoms with van der Waals surface area (Å²) >= 11 is 1.70. The van der Waals surface area contributed by atoms with Gasteiger partial charge in [-0.1, -0.05) is 12.1 Å². The second-order valence-electron chi connectivity index (χ2n) is 5.33. The van der Waals surface area contributed by atoms with Gasteiger partial charge in [0.05, 0.1) is 6.61 Å². The predicted molar refractivity (Wildman–Crippen MR) is 79.1 cm³/mol. The molecule has 1 saturated carbocycles. The van der Waals surface area contributed by atoms with Gasteiger partial charge >= 0.3 is 0 Å². The monoisotopic (exact) mass is 283 g/mol. The van der Waals surface area contributed by atoms with E-state index in [1.54, 1.807) is 11.8 Å². The van der Waals surface area contributed by atoms with Gasteiger partial charge in [0.25, 0.3) is 0 Å². The lowest BCUT2D eigenvalue weighted by Crippen LogP contribution is -2.48. The minimum atomic E-state index is -0.169. The van der Waals surface area contributed by atoms with Crippen LogP contribution in [0, 0.1) is 5.82 Å². The van der Waals surface area contributed by atoms with Crippen molar-refractivity contribution in [2.24, 2.45) is 0 Å². The van der Waals surface area contributed by atoms with E-state index >= 15 is 0 Å². The molecule has 0 aromatic heterocycles. The first-order valence-corrected chi connectivity index (χ1v) is 8.08.